The van der Waals surface area contributed by atoms with Gasteiger partial charge in [0.25, 0.3) is 0 Å². The van der Waals surface area contributed by atoms with Gasteiger partial charge in [0, 0.05) is 30.3 Å². The summed E-state index contributed by atoms with van der Waals surface area (Å²) in [5, 5.41) is 0. The van der Waals surface area contributed by atoms with E-state index < -0.39 is 47.0 Å². The third-order valence-corrected chi connectivity index (χ3v) is 7.04. The van der Waals surface area contributed by atoms with Gasteiger partial charge in [-0.1, -0.05) is 12.1 Å². The molecule has 36 heavy (non-hydrogen) atoms. The molecule has 2 aliphatic rings. The average Bonchev–Trinajstić information content (AvgIpc) is 3.26. The number of hydrogen-bond acceptors (Lipinski definition) is 3. The molecule has 5 atom stereocenters. The molecule has 3 unspecified atom stereocenters. The summed E-state index contributed by atoms with van der Waals surface area (Å²) in [5.74, 6) is -1.31. The molecule has 0 spiro atoms. The molecule has 2 aliphatic heterocycles. The average molecular weight is 518 g/mol. The van der Waals surface area contributed by atoms with Crippen LogP contribution in [0, 0.1) is 11.7 Å². The van der Waals surface area contributed by atoms with Crippen molar-refractivity contribution in [2.45, 2.75) is 56.2 Å². The van der Waals surface area contributed by atoms with Crippen LogP contribution in [-0.2, 0) is 21.9 Å². The Morgan fingerprint density at radius 1 is 1.06 bits per heavy atom. The van der Waals surface area contributed by atoms with Crippen LogP contribution < -0.4 is 5.73 Å². The van der Waals surface area contributed by atoms with Gasteiger partial charge < -0.3 is 15.4 Å². The van der Waals surface area contributed by atoms with E-state index in [-0.39, 0.29) is 48.9 Å². The second kappa shape index (κ2) is 9.02. The van der Waals surface area contributed by atoms with Gasteiger partial charge in [-0.3, -0.25) is 4.79 Å². The summed E-state index contributed by atoms with van der Waals surface area (Å²) in [6.45, 7) is 3.31. The maximum absolute atomic E-state index is 13.6. The Kier molecular flexibility index (Phi) is 6.62. The van der Waals surface area contributed by atoms with Crippen molar-refractivity contribution < 1.29 is 40.3 Å². The number of carbonyl (C=O) groups is 1. The fourth-order valence-corrected chi connectivity index (χ4v) is 5.36. The normalized spacial score (nSPS) is 27.4. The van der Waals surface area contributed by atoms with E-state index >= 15 is 0 Å². The molecule has 0 radical (unpaired) electrons. The number of rotatable bonds is 5. The molecule has 0 saturated carbocycles. The smallest absolute Gasteiger partial charge is 0.373 e. The number of hydrogen-bond donors (Lipinski definition) is 1. The Hall–Kier alpha value is -2.66. The number of halogens is 7. The van der Waals surface area contributed by atoms with Crippen molar-refractivity contribution in [1.82, 2.24) is 4.90 Å². The fourth-order valence-electron chi connectivity index (χ4n) is 5.36. The van der Waals surface area contributed by atoms with E-state index in [2.05, 4.69) is 0 Å². The van der Waals surface area contributed by atoms with Crippen LogP contribution in [0.5, 0.6) is 0 Å². The van der Waals surface area contributed by atoms with Crippen molar-refractivity contribution in [2.24, 2.45) is 11.7 Å². The van der Waals surface area contributed by atoms with Gasteiger partial charge in [0.15, 0.2) is 0 Å². The molecule has 0 aliphatic carbocycles. The zero-order valence-corrected chi connectivity index (χ0v) is 19.5. The highest BCUT2D eigenvalue weighted by molar-refractivity contribution is 5.82. The largest absolute Gasteiger partial charge is 0.416 e. The van der Waals surface area contributed by atoms with Crippen molar-refractivity contribution >= 4 is 5.91 Å². The van der Waals surface area contributed by atoms with Crippen molar-refractivity contribution in [3.63, 3.8) is 0 Å². The molecule has 4 nitrogen and oxygen atoms in total. The maximum Gasteiger partial charge on any atom is 0.416 e. The highest BCUT2D eigenvalue weighted by atomic mass is 19.4. The van der Waals surface area contributed by atoms with Gasteiger partial charge in [-0.25, -0.2) is 4.39 Å². The summed E-state index contributed by atoms with van der Waals surface area (Å²) in [4.78, 5) is 14.2. The predicted octanol–water partition coefficient (Wildman–Crippen LogP) is 5.67. The summed E-state index contributed by atoms with van der Waals surface area (Å²) in [5.41, 5.74) is 3.18. The highest BCUT2D eigenvalue weighted by Crippen LogP contribution is 2.47. The SMILES string of the molecule is C[C@@H](OC[C@H]1CN2C(=O)CC(C)(N)C2C1c1ccc(F)cc1)c1cc(C(F)(F)F)cc(C(F)(F)F)c1. The summed E-state index contributed by atoms with van der Waals surface area (Å²) in [7, 11) is 0. The monoisotopic (exact) mass is 518 g/mol. The molecular weight excluding hydrogens is 493 g/mol. The minimum atomic E-state index is -4.97. The maximum atomic E-state index is 13.6. The molecule has 2 aromatic rings. The van der Waals surface area contributed by atoms with Gasteiger partial charge >= 0.3 is 12.4 Å². The van der Waals surface area contributed by atoms with Crippen molar-refractivity contribution in [3.05, 3.63) is 70.5 Å². The fraction of sp³-hybridized carbons (Fsp3) is 0.480. The van der Waals surface area contributed by atoms with Gasteiger partial charge in [0.05, 0.1) is 29.9 Å². The minimum Gasteiger partial charge on any atom is -0.373 e. The van der Waals surface area contributed by atoms with Gasteiger partial charge in [-0.2, -0.15) is 26.3 Å². The lowest BCUT2D eigenvalue weighted by molar-refractivity contribution is -0.143. The Morgan fingerprint density at radius 3 is 2.14 bits per heavy atom. The van der Waals surface area contributed by atoms with Crippen molar-refractivity contribution in [3.8, 4) is 0 Å². The molecule has 2 aromatic carbocycles. The van der Waals surface area contributed by atoms with E-state index in [4.69, 9.17) is 10.5 Å². The lowest BCUT2D eigenvalue weighted by atomic mass is 9.77. The molecule has 2 N–H and O–H groups in total. The van der Waals surface area contributed by atoms with Crippen molar-refractivity contribution in [1.29, 1.82) is 0 Å². The summed E-state index contributed by atoms with van der Waals surface area (Å²) in [6.07, 6.45) is -10.9. The number of nitrogens with two attached hydrogens (primary N) is 1. The van der Waals surface area contributed by atoms with E-state index in [1.807, 2.05) is 0 Å². The van der Waals surface area contributed by atoms with Crippen LogP contribution in [0.2, 0.25) is 0 Å². The Labute approximate surface area is 203 Å². The van der Waals surface area contributed by atoms with Crippen LogP contribution in [0.15, 0.2) is 42.5 Å². The Balaban J connectivity index is 1.61. The van der Waals surface area contributed by atoms with Gasteiger partial charge in [-0.05, 0) is 55.3 Å². The first-order valence-electron chi connectivity index (χ1n) is 11.3. The van der Waals surface area contributed by atoms with Gasteiger partial charge in [0.1, 0.15) is 5.82 Å². The number of amides is 1. The van der Waals surface area contributed by atoms with E-state index in [1.54, 1.807) is 24.0 Å². The topological polar surface area (TPSA) is 55.6 Å². The molecular formula is C25H25F7N2O2. The summed E-state index contributed by atoms with van der Waals surface area (Å²) >= 11 is 0. The number of alkyl halides is 6. The number of benzene rings is 2. The Morgan fingerprint density at radius 2 is 1.61 bits per heavy atom. The van der Waals surface area contributed by atoms with E-state index in [0.717, 1.165) is 5.56 Å². The van der Waals surface area contributed by atoms with Crippen LogP contribution in [0.25, 0.3) is 0 Å². The predicted molar refractivity (Wildman–Crippen MR) is 116 cm³/mol. The minimum absolute atomic E-state index is 0.0584. The highest BCUT2D eigenvalue weighted by Gasteiger charge is 2.56. The zero-order chi connectivity index (χ0) is 26.6. The molecule has 11 heteroatoms. The quantitative estimate of drug-likeness (QED) is 0.519. The number of fused-ring (bicyclic) bond motifs is 1. The zero-order valence-electron chi connectivity index (χ0n) is 19.5. The third-order valence-electron chi connectivity index (χ3n) is 7.04. The first-order valence-corrected chi connectivity index (χ1v) is 11.3. The third kappa shape index (κ3) is 5.08. The molecule has 4 rings (SSSR count). The second-order valence-electron chi connectivity index (χ2n) is 9.83. The molecule has 2 fully saturated rings. The first kappa shape index (κ1) is 26.4. The van der Waals surface area contributed by atoms with Crippen LogP contribution in [0.3, 0.4) is 0 Å². The summed E-state index contributed by atoms with van der Waals surface area (Å²) in [6, 6.07) is 6.68. The van der Waals surface area contributed by atoms with Crippen LogP contribution in [-0.4, -0.2) is 35.5 Å². The van der Waals surface area contributed by atoms with E-state index in [0.29, 0.717) is 12.1 Å². The molecule has 2 heterocycles. The number of nitrogens with zero attached hydrogens (tertiary/aromatic N) is 1. The number of ether oxygens (including phenoxy) is 1. The van der Waals surface area contributed by atoms with Crippen LogP contribution in [0.1, 0.15) is 54.5 Å². The standard InChI is InChI=1S/C25H25F7N2O2/c1-13(15-7-17(24(27,28)29)9-18(8-15)25(30,31)32)36-12-16-11-34-20(35)10-23(2,33)22(34)21(16)14-3-5-19(26)6-4-14/h3-9,13,16,21-22H,10-12,33H2,1-2H3/t13-,16-,21?,22?,23?/m1/s1. The molecule has 0 aromatic heterocycles. The van der Waals surface area contributed by atoms with Crippen LogP contribution in [0.4, 0.5) is 30.7 Å². The molecule has 2 saturated heterocycles. The second-order valence-corrected chi connectivity index (χ2v) is 9.83. The molecule has 196 valence electrons. The summed E-state index contributed by atoms with van der Waals surface area (Å²) < 4.78 is 98.9. The van der Waals surface area contributed by atoms with Crippen molar-refractivity contribution in [2.75, 3.05) is 13.2 Å². The lowest BCUT2D eigenvalue weighted by Gasteiger charge is -2.33. The van der Waals surface area contributed by atoms with E-state index in [1.165, 1.54) is 19.1 Å². The molecule has 1 amide bonds. The molecule has 0 bridgehead atoms. The van der Waals surface area contributed by atoms with Crippen LogP contribution >= 0.6 is 0 Å². The van der Waals surface area contributed by atoms with Gasteiger partial charge in [-0.15, -0.1) is 0 Å². The Bertz CT molecular complexity index is 1100. The first-order chi connectivity index (χ1) is 16.6. The van der Waals surface area contributed by atoms with E-state index in [9.17, 15) is 35.5 Å². The number of carbonyl (C=O) groups excluding carboxylic acids is 1. The van der Waals surface area contributed by atoms with Gasteiger partial charge in [0.2, 0.25) is 5.91 Å². The lowest BCUT2D eigenvalue weighted by Crippen LogP contribution is -2.49.